The second-order valence-corrected chi connectivity index (χ2v) is 3.58. The van der Waals surface area contributed by atoms with Crippen molar-refractivity contribution < 1.29 is 0 Å². The van der Waals surface area contributed by atoms with Crippen LogP contribution in [0.5, 0.6) is 0 Å². The average Bonchev–Trinajstić information content (AvgIpc) is 2.87. The van der Waals surface area contributed by atoms with Gasteiger partial charge in [-0.2, -0.15) is 0 Å². The van der Waals surface area contributed by atoms with Crippen LogP contribution in [-0.4, -0.2) is 19.5 Å². The number of halogens is 2. The van der Waals surface area contributed by atoms with E-state index in [-0.39, 0.29) is 12.4 Å². The summed E-state index contributed by atoms with van der Waals surface area (Å²) in [5.74, 6) is 0. The van der Waals surface area contributed by atoms with Crippen LogP contribution in [0.2, 0.25) is 5.15 Å². The van der Waals surface area contributed by atoms with Crippen LogP contribution in [0.4, 0.5) is 0 Å². The van der Waals surface area contributed by atoms with Gasteiger partial charge in [-0.15, -0.1) is 12.4 Å². The van der Waals surface area contributed by atoms with Crippen LogP contribution < -0.4 is 0 Å². The van der Waals surface area contributed by atoms with Crippen LogP contribution in [-0.2, 0) is 0 Å². The Bertz CT molecular complexity index is 463. The lowest BCUT2D eigenvalue weighted by molar-refractivity contribution is 0.756. The lowest BCUT2D eigenvalue weighted by Crippen LogP contribution is -1.93. The Balaban J connectivity index is 0.000000750. The quantitative estimate of drug-likeness (QED) is 0.707. The Labute approximate surface area is 91.7 Å². The van der Waals surface area contributed by atoms with E-state index in [1.807, 2.05) is 0 Å². The van der Waals surface area contributed by atoms with E-state index in [9.17, 15) is 0 Å². The smallest absolute Gasteiger partial charge is 0.165 e. The second kappa shape index (κ2) is 3.37. The number of fused-ring (bicyclic) bond motifs is 1. The number of imidazole rings is 1. The minimum atomic E-state index is 0. The summed E-state index contributed by atoms with van der Waals surface area (Å²) in [5, 5.41) is 0.435. The number of hydrogen-bond donors (Lipinski definition) is 0. The molecule has 0 aromatic carbocycles. The molecular weight excluding hydrogens is 223 g/mol. The van der Waals surface area contributed by atoms with Crippen molar-refractivity contribution in [1.82, 2.24) is 19.5 Å². The Morgan fingerprint density at radius 3 is 2.79 bits per heavy atom. The summed E-state index contributed by atoms with van der Waals surface area (Å²) in [6.45, 7) is 0. The first kappa shape index (κ1) is 9.68. The van der Waals surface area contributed by atoms with Gasteiger partial charge in [0.2, 0.25) is 0 Å². The third-order valence-electron chi connectivity index (χ3n) is 2.25. The number of nitrogens with zero attached hydrogens (tertiary/aromatic N) is 4. The summed E-state index contributed by atoms with van der Waals surface area (Å²) in [6, 6.07) is 0.580. The summed E-state index contributed by atoms with van der Waals surface area (Å²) >= 11 is 5.87. The minimum Gasteiger partial charge on any atom is -0.312 e. The van der Waals surface area contributed by atoms with Crippen LogP contribution in [0, 0.1) is 0 Å². The molecule has 2 aromatic rings. The van der Waals surface area contributed by atoms with Gasteiger partial charge in [0.15, 0.2) is 10.8 Å². The molecule has 1 aliphatic rings. The first-order valence-corrected chi connectivity index (χ1v) is 4.57. The zero-order valence-corrected chi connectivity index (χ0v) is 8.79. The fourth-order valence-corrected chi connectivity index (χ4v) is 1.62. The molecule has 6 heteroatoms. The lowest BCUT2D eigenvalue weighted by Gasteiger charge is -1.98. The van der Waals surface area contributed by atoms with Crippen LogP contribution in [0.3, 0.4) is 0 Å². The maximum absolute atomic E-state index is 5.87. The minimum absolute atomic E-state index is 0. The van der Waals surface area contributed by atoms with Crippen molar-refractivity contribution in [3.63, 3.8) is 0 Å². The molecule has 2 heterocycles. The molecule has 0 N–H and O–H groups in total. The SMILES string of the molecule is Cl.Clc1ncnc2c1ncn2C1CC1. The molecule has 0 unspecified atom stereocenters. The van der Waals surface area contributed by atoms with E-state index >= 15 is 0 Å². The first-order valence-electron chi connectivity index (χ1n) is 4.19. The summed E-state index contributed by atoms with van der Waals surface area (Å²) < 4.78 is 2.07. The molecule has 0 radical (unpaired) electrons. The van der Waals surface area contributed by atoms with Gasteiger partial charge in [-0.05, 0) is 12.8 Å². The summed E-state index contributed by atoms with van der Waals surface area (Å²) in [5.41, 5.74) is 1.55. The monoisotopic (exact) mass is 230 g/mol. The van der Waals surface area contributed by atoms with E-state index in [2.05, 4.69) is 19.5 Å². The van der Waals surface area contributed by atoms with Gasteiger partial charge in [-0.1, -0.05) is 11.6 Å². The Morgan fingerprint density at radius 1 is 1.29 bits per heavy atom. The van der Waals surface area contributed by atoms with E-state index in [1.54, 1.807) is 6.33 Å². The summed E-state index contributed by atoms with van der Waals surface area (Å²) in [7, 11) is 0. The van der Waals surface area contributed by atoms with Gasteiger partial charge in [-0.3, -0.25) is 0 Å². The molecular formula is C8H8Cl2N4. The van der Waals surface area contributed by atoms with Gasteiger partial charge in [-0.25, -0.2) is 15.0 Å². The highest BCUT2D eigenvalue weighted by atomic mass is 35.5. The van der Waals surface area contributed by atoms with Crippen LogP contribution in [0.1, 0.15) is 18.9 Å². The van der Waals surface area contributed by atoms with Crippen LogP contribution in [0.25, 0.3) is 11.2 Å². The molecule has 2 aromatic heterocycles. The van der Waals surface area contributed by atoms with Crippen molar-refractivity contribution in [2.24, 2.45) is 0 Å². The Kier molecular flexibility index (Phi) is 2.33. The average molecular weight is 231 g/mol. The zero-order valence-electron chi connectivity index (χ0n) is 7.22. The largest absolute Gasteiger partial charge is 0.312 e. The summed E-state index contributed by atoms with van der Waals surface area (Å²) in [6.07, 6.45) is 5.70. The molecule has 0 saturated heterocycles. The predicted molar refractivity (Wildman–Crippen MR) is 55.9 cm³/mol. The molecule has 1 fully saturated rings. The van der Waals surface area contributed by atoms with E-state index in [0.717, 1.165) is 5.65 Å². The summed E-state index contributed by atoms with van der Waals surface area (Å²) in [4.78, 5) is 12.2. The van der Waals surface area contributed by atoms with Crippen molar-refractivity contribution >= 4 is 35.2 Å². The van der Waals surface area contributed by atoms with Gasteiger partial charge in [0.25, 0.3) is 0 Å². The van der Waals surface area contributed by atoms with Crippen molar-refractivity contribution in [2.75, 3.05) is 0 Å². The second-order valence-electron chi connectivity index (χ2n) is 3.22. The van der Waals surface area contributed by atoms with Gasteiger partial charge in [0.1, 0.15) is 11.8 Å². The van der Waals surface area contributed by atoms with Gasteiger partial charge < -0.3 is 4.57 Å². The van der Waals surface area contributed by atoms with Crippen LogP contribution >= 0.6 is 24.0 Å². The van der Waals surface area contributed by atoms with Crippen molar-refractivity contribution in [3.8, 4) is 0 Å². The van der Waals surface area contributed by atoms with Gasteiger partial charge >= 0.3 is 0 Å². The fourth-order valence-electron chi connectivity index (χ4n) is 1.44. The third kappa shape index (κ3) is 1.35. The number of rotatable bonds is 1. The fraction of sp³-hybridized carbons (Fsp3) is 0.375. The molecule has 14 heavy (non-hydrogen) atoms. The molecule has 0 aliphatic heterocycles. The standard InChI is InChI=1S/C8H7ClN4.ClH/c9-7-6-8(11-3-10-7)13(4-12-6)5-1-2-5;/h3-5H,1-2H2;1H. The van der Waals surface area contributed by atoms with Crippen LogP contribution in [0.15, 0.2) is 12.7 Å². The Morgan fingerprint density at radius 2 is 2.07 bits per heavy atom. The normalized spacial score (nSPS) is 15.5. The van der Waals surface area contributed by atoms with Gasteiger partial charge in [0, 0.05) is 6.04 Å². The maximum atomic E-state index is 5.87. The molecule has 4 nitrogen and oxygen atoms in total. The van der Waals surface area contributed by atoms with E-state index in [0.29, 0.717) is 16.7 Å². The topological polar surface area (TPSA) is 43.6 Å². The first-order chi connectivity index (χ1) is 6.36. The third-order valence-corrected chi connectivity index (χ3v) is 2.53. The lowest BCUT2D eigenvalue weighted by atomic mass is 10.5. The molecule has 0 bridgehead atoms. The Hall–Kier alpha value is -0.870. The van der Waals surface area contributed by atoms with Gasteiger partial charge in [0.05, 0.1) is 6.33 Å². The molecule has 74 valence electrons. The molecule has 0 amide bonds. The maximum Gasteiger partial charge on any atom is 0.165 e. The molecule has 3 rings (SSSR count). The van der Waals surface area contributed by atoms with Crippen molar-refractivity contribution in [2.45, 2.75) is 18.9 Å². The molecule has 1 saturated carbocycles. The molecule has 0 atom stereocenters. The zero-order chi connectivity index (χ0) is 8.84. The highest BCUT2D eigenvalue weighted by Gasteiger charge is 2.25. The molecule has 1 aliphatic carbocycles. The van der Waals surface area contributed by atoms with Crippen molar-refractivity contribution in [1.29, 1.82) is 0 Å². The highest BCUT2D eigenvalue weighted by Crippen LogP contribution is 2.36. The highest BCUT2D eigenvalue weighted by molar-refractivity contribution is 6.33. The predicted octanol–water partition coefficient (Wildman–Crippen LogP) is 2.24. The van der Waals surface area contributed by atoms with Crippen molar-refractivity contribution in [3.05, 3.63) is 17.8 Å². The number of hydrogen-bond acceptors (Lipinski definition) is 3. The van der Waals surface area contributed by atoms with E-state index in [4.69, 9.17) is 11.6 Å². The van der Waals surface area contributed by atoms with E-state index < -0.39 is 0 Å². The number of aromatic nitrogens is 4. The van der Waals surface area contributed by atoms with E-state index in [1.165, 1.54) is 19.2 Å². The molecule has 0 spiro atoms.